The number of benzene rings is 2. The summed E-state index contributed by atoms with van der Waals surface area (Å²) in [7, 11) is 0. The summed E-state index contributed by atoms with van der Waals surface area (Å²) in [5.74, 6) is 0.479. The van der Waals surface area contributed by atoms with Crippen molar-refractivity contribution in [3.05, 3.63) is 59.7 Å². The van der Waals surface area contributed by atoms with E-state index in [-0.39, 0.29) is 18.5 Å². The van der Waals surface area contributed by atoms with E-state index in [4.69, 9.17) is 4.74 Å². The van der Waals surface area contributed by atoms with E-state index < -0.39 is 6.09 Å². The molecule has 0 aromatic heterocycles. The maximum absolute atomic E-state index is 12.4. The second-order valence-corrected chi connectivity index (χ2v) is 7.62. The standard InChI is InChI=1S/C23H28N2O3/c1-16(2)13-17(14-24-11-12-26)25-23(27)28-15-22-20-9-5-3-7-18(20)19-8-4-6-10-21(19)22/h3-10,12,16-17,22,24H,11,13-15H2,1-2H3,(H,25,27)/t17-/m0/s1. The second kappa shape index (κ2) is 9.51. The molecule has 1 aliphatic rings. The molecule has 2 N–H and O–H groups in total. The summed E-state index contributed by atoms with van der Waals surface area (Å²) in [5.41, 5.74) is 4.82. The number of aldehydes is 1. The fraction of sp³-hybridized carbons (Fsp3) is 0.391. The van der Waals surface area contributed by atoms with Gasteiger partial charge < -0.3 is 20.2 Å². The molecule has 2 aromatic rings. The van der Waals surface area contributed by atoms with Crippen LogP contribution in [-0.4, -0.2) is 38.1 Å². The molecule has 0 fully saturated rings. The van der Waals surface area contributed by atoms with Gasteiger partial charge in [-0.05, 0) is 34.6 Å². The summed E-state index contributed by atoms with van der Waals surface area (Å²) in [4.78, 5) is 22.9. The number of alkyl carbamates (subject to hydrolysis) is 1. The molecule has 0 heterocycles. The quantitative estimate of drug-likeness (QED) is 0.514. The summed E-state index contributed by atoms with van der Waals surface area (Å²) in [5, 5.41) is 5.97. The Hall–Kier alpha value is -2.66. The van der Waals surface area contributed by atoms with Gasteiger partial charge in [-0.3, -0.25) is 0 Å². The first-order valence-corrected chi connectivity index (χ1v) is 9.86. The van der Waals surface area contributed by atoms with Crippen LogP contribution in [0.25, 0.3) is 11.1 Å². The maximum Gasteiger partial charge on any atom is 0.407 e. The third-order valence-electron chi connectivity index (χ3n) is 5.04. The van der Waals surface area contributed by atoms with Gasteiger partial charge in [-0.15, -0.1) is 0 Å². The zero-order valence-corrected chi connectivity index (χ0v) is 16.5. The minimum Gasteiger partial charge on any atom is -0.449 e. The van der Waals surface area contributed by atoms with Crippen LogP contribution in [0.4, 0.5) is 4.79 Å². The molecule has 148 valence electrons. The molecule has 1 aliphatic carbocycles. The minimum absolute atomic E-state index is 0.0508. The molecular weight excluding hydrogens is 352 g/mol. The van der Waals surface area contributed by atoms with Gasteiger partial charge in [0.05, 0.1) is 6.54 Å². The molecule has 3 rings (SSSR count). The fourth-order valence-electron chi connectivity index (χ4n) is 3.89. The first kappa shape index (κ1) is 20.1. The molecule has 1 amide bonds. The summed E-state index contributed by atoms with van der Waals surface area (Å²) in [6, 6.07) is 16.5. The second-order valence-electron chi connectivity index (χ2n) is 7.62. The lowest BCUT2D eigenvalue weighted by Crippen LogP contribution is -2.43. The van der Waals surface area contributed by atoms with Crippen molar-refractivity contribution in [2.45, 2.75) is 32.2 Å². The molecule has 0 aliphatic heterocycles. The van der Waals surface area contributed by atoms with Gasteiger partial charge in [0.15, 0.2) is 0 Å². The van der Waals surface area contributed by atoms with E-state index in [1.165, 1.54) is 22.3 Å². The molecule has 0 saturated carbocycles. The van der Waals surface area contributed by atoms with Gasteiger partial charge in [0, 0.05) is 18.5 Å². The Morgan fingerprint density at radius 2 is 1.68 bits per heavy atom. The Balaban J connectivity index is 1.63. The third-order valence-corrected chi connectivity index (χ3v) is 5.04. The molecular formula is C23H28N2O3. The van der Waals surface area contributed by atoms with Gasteiger partial charge in [-0.25, -0.2) is 4.79 Å². The molecule has 5 heteroatoms. The van der Waals surface area contributed by atoms with Gasteiger partial charge in [0.2, 0.25) is 0 Å². The summed E-state index contributed by atoms with van der Waals surface area (Å²) in [6.07, 6.45) is 1.22. The van der Waals surface area contributed by atoms with Gasteiger partial charge in [-0.2, -0.15) is 0 Å². The summed E-state index contributed by atoms with van der Waals surface area (Å²) < 4.78 is 5.61. The first-order chi connectivity index (χ1) is 13.6. The highest BCUT2D eigenvalue weighted by atomic mass is 16.5. The van der Waals surface area contributed by atoms with Gasteiger partial charge >= 0.3 is 6.09 Å². The number of rotatable bonds is 9. The van der Waals surface area contributed by atoms with Crippen LogP contribution >= 0.6 is 0 Å². The number of carbonyl (C=O) groups excluding carboxylic acids is 2. The molecule has 0 radical (unpaired) electrons. The average Bonchev–Trinajstić information content (AvgIpc) is 3.00. The summed E-state index contributed by atoms with van der Waals surface area (Å²) >= 11 is 0. The van der Waals surface area contributed by atoms with Crippen LogP contribution in [0, 0.1) is 5.92 Å². The van der Waals surface area contributed by atoms with Crippen molar-refractivity contribution in [1.29, 1.82) is 0 Å². The van der Waals surface area contributed by atoms with Crippen LogP contribution in [0.3, 0.4) is 0 Å². The number of carbonyl (C=O) groups is 2. The van der Waals surface area contributed by atoms with Gasteiger partial charge in [0.25, 0.3) is 0 Å². The Kier molecular flexibility index (Phi) is 6.82. The van der Waals surface area contributed by atoms with E-state index in [1.807, 2.05) is 24.3 Å². The highest BCUT2D eigenvalue weighted by molar-refractivity contribution is 5.79. The molecule has 0 bridgehead atoms. The SMILES string of the molecule is CC(C)C[C@@H](CNCC=O)NC(=O)OCC1c2ccccc2-c2ccccc21. The van der Waals surface area contributed by atoms with Gasteiger partial charge in [-0.1, -0.05) is 62.4 Å². The van der Waals surface area contributed by atoms with Crippen LogP contribution in [0.1, 0.15) is 37.3 Å². The lowest BCUT2D eigenvalue weighted by atomic mass is 9.98. The lowest BCUT2D eigenvalue weighted by molar-refractivity contribution is -0.107. The maximum atomic E-state index is 12.4. The predicted octanol–water partition coefficient (Wildman–Crippen LogP) is 3.73. The molecule has 1 atom stereocenters. The zero-order chi connectivity index (χ0) is 19.9. The molecule has 5 nitrogen and oxygen atoms in total. The van der Waals surface area contributed by atoms with Crippen molar-refractivity contribution in [3.63, 3.8) is 0 Å². The predicted molar refractivity (Wildman–Crippen MR) is 110 cm³/mol. The Morgan fingerprint density at radius 1 is 1.07 bits per heavy atom. The number of amides is 1. The van der Waals surface area contributed by atoms with Crippen molar-refractivity contribution < 1.29 is 14.3 Å². The normalized spacial score (nSPS) is 13.7. The first-order valence-electron chi connectivity index (χ1n) is 9.86. The molecule has 2 aromatic carbocycles. The Morgan fingerprint density at radius 3 is 2.25 bits per heavy atom. The Bertz CT molecular complexity index is 773. The van der Waals surface area contributed by atoms with Gasteiger partial charge in [0.1, 0.15) is 12.9 Å². The van der Waals surface area contributed by atoms with Crippen LogP contribution in [-0.2, 0) is 9.53 Å². The number of hydrogen-bond acceptors (Lipinski definition) is 4. The highest BCUT2D eigenvalue weighted by Gasteiger charge is 2.29. The van der Waals surface area contributed by atoms with E-state index in [0.717, 1.165) is 12.7 Å². The van der Waals surface area contributed by atoms with E-state index >= 15 is 0 Å². The van der Waals surface area contributed by atoms with Crippen LogP contribution in [0.2, 0.25) is 0 Å². The van der Waals surface area contributed by atoms with Crippen LogP contribution in [0.5, 0.6) is 0 Å². The molecule has 28 heavy (non-hydrogen) atoms. The molecule has 0 unspecified atom stereocenters. The topological polar surface area (TPSA) is 67.4 Å². The molecule has 0 saturated heterocycles. The van der Waals surface area contributed by atoms with Crippen LogP contribution < -0.4 is 10.6 Å². The van der Waals surface area contributed by atoms with E-state index in [2.05, 4.69) is 48.7 Å². The fourth-order valence-corrected chi connectivity index (χ4v) is 3.89. The third kappa shape index (κ3) is 4.78. The van der Waals surface area contributed by atoms with Crippen molar-refractivity contribution in [2.75, 3.05) is 19.7 Å². The minimum atomic E-state index is -0.416. The number of fused-ring (bicyclic) bond motifs is 3. The van der Waals surface area contributed by atoms with E-state index in [9.17, 15) is 9.59 Å². The van der Waals surface area contributed by atoms with Crippen LogP contribution in [0.15, 0.2) is 48.5 Å². The highest BCUT2D eigenvalue weighted by Crippen LogP contribution is 2.44. The average molecular weight is 380 g/mol. The largest absolute Gasteiger partial charge is 0.449 e. The molecule has 0 spiro atoms. The summed E-state index contributed by atoms with van der Waals surface area (Å²) in [6.45, 7) is 5.33. The van der Waals surface area contributed by atoms with Crippen molar-refractivity contribution in [3.8, 4) is 11.1 Å². The van der Waals surface area contributed by atoms with E-state index in [1.54, 1.807) is 0 Å². The zero-order valence-electron chi connectivity index (χ0n) is 16.5. The monoisotopic (exact) mass is 380 g/mol. The Labute approximate surface area is 166 Å². The lowest BCUT2D eigenvalue weighted by Gasteiger charge is -2.21. The number of hydrogen-bond donors (Lipinski definition) is 2. The van der Waals surface area contributed by atoms with E-state index in [0.29, 0.717) is 19.1 Å². The van der Waals surface area contributed by atoms with Crippen molar-refractivity contribution in [1.82, 2.24) is 10.6 Å². The smallest absolute Gasteiger partial charge is 0.407 e. The number of ether oxygens (including phenoxy) is 1. The van der Waals surface area contributed by atoms with Crippen molar-refractivity contribution in [2.24, 2.45) is 5.92 Å². The number of nitrogens with one attached hydrogen (secondary N) is 2. The van der Waals surface area contributed by atoms with Crippen molar-refractivity contribution >= 4 is 12.4 Å².